The van der Waals surface area contributed by atoms with Gasteiger partial charge in [0.2, 0.25) is 0 Å². The van der Waals surface area contributed by atoms with Crippen molar-refractivity contribution >= 4 is 5.69 Å². The minimum absolute atomic E-state index is 0.0536. The first kappa shape index (κ1) is 19.2. The van der Waals surface area contributed by atoms with Gasteiger partial charge >= 0.3 is 0 Å². The first-order valence-electron chi connectivity index (χ1n) is 9.57. The summed E-state index contributed by atoms with van der Waals surface area (Å²) in [5, 5.41) is 0. The highest BCUT2D eigenvalue weighted by atomic mass is 19.1. The van der Waals surface area contributed by atoms with Crippen LogP contribution in [0, 0.1) is 11.6 Å². The number of hydrogen-bond donors (Lipinski definition) is 0. The fourth-order valence-corrected chi connectivity index (χ4v) is 4.24. The van der Waals surface area contributed by atoms with Gasteiger partial charge < -0.3 is 14.4 Å². The van der Waals surface area contributed by atoms with Crippen LogP contribution in [0.2, 0.25) is 0 Å². The molecule has 0 radical (unpaired) electrons. The molecule has 5 heteroatoms. The van der Waals surface area contributed by atoms with Gasteiger partial charge in [0.1, 0.15) is 11.6 Å². The maximum Gasteiger partial charge on any atom is 0.161 e. The van der Waals surface area contributed by atoms with Crippen LogP contribution in [-0.2, 0) is 6.42 Å². The number of rotatable bonds is 4. The fraction of sp³-hybridized carbons (Fsp3) is 0.250. The van der Waals surface area contributed by atoms with Crippen LogP contribution in [0.1, 0.15) is 29.7 Å². The van der Waals surface area contributed by atoms with E-state index in [0.717, 1.165) is 11.1 Å². The van der Waals surface area contributed by atoms with Crippen molar-refractivity contribution in [3.8, 4) is 11.5 Å². The van der Waals surface area contributed by atoms with Crippen molar-refractivity contribution in [2.45, 2.75) is 25.4 Å². The highest BCUT2D eigenvalue weighted by molar-refractivity contribution is 5.60. The van der Waals surface area contributed by atoms with Crippen LogP contribution in [0.15, 0.2) is 60.7 Å². The zero-order valence-electron chi connectivity index (χ0n) is 16.7. The van der Waals surface area contributed by atoms with Crippen LogP contribution >= 0.6 is 0 Å². The van der Waals surface area contributed by atoms with Gasteiger partial charge in [0.05, 0.1) is 25.9 Å². The molecule has 1 aliphatic rings. The summed E-state index contributed by atoms with van der Waals surface area (Å²) in [4.78, 5) is 1.96. The standard InChI is InChI=1S/C24H23F2NO2/c1-15-12-16-13-22(28-2)23(29-3)14-18(16)24(17-8-4-5-9-19(17)25)27(15)21-11-7-6-10-20(21)26/h4-11,13-15,24H,12H2,1-3H3. The Labute approximate surface area is 169 Å². The molecular formula is C24H23F2NO2. The summed E-state index contributed by atoms with van der Waals surface area (Å²) in [6.07, 6.45) is 0.676. The van der Waals surface area contributed by atoms with Crippen LogP contribution in [0.3, 0.4) is 0 Å². The predicted molar refractivity (Wildman–Crippen MR) is 110 cm³/mol. The maximum atomic E-state index is 14.9. The van der Waals surface area contributed by atoms with Crippen molar-refractivity contribution in [3.05, 3.63) is 89.0 Å². The number of para-hydroxylation sites is 1. The van der Waals surface area contributed by atoms with Crippen molar-refractivity contribution in [2.75, 3.05) is 19.1 Å². The third-order valence-corrected chi connectivity index (χ3v) is 5.54. The monoisotopic (exact) mass is 395 g/mol. The lowest BCUT2D eigenvalue weighted by atomic mass is 9.84. The van der Waals surface area contributed by atoms with Gasteiger partial charge in [-0.1, -0.05) is 30.3 Å². The van der Waals surface area contributed by atoms with Crippen molar-refractivity contribution in [2.24, 2.45) is 0 Å². The lowest BCUT2D eigenvalue weighted by molar-refractivity contribution is 0.352. The Bertz CT molecular complexity index is 1040. The van der Waals surface area contributed by atoms with E-state index in [4.69, 9.17) is 9.47 Å². The molecule has 3 aromatic carbocycles. The van der Waals surface area contributed by atoms with Gasteiger partial charge in [-0.05, 0) is 54.8 Å². The molecule has 29 heavy (non-hydrogen) atoms. The molecule has 0 saturated carbocycles. The zero-order valence-corrected chi connectivity index (χ0v) is 16.7. The molecule has 0 bridgehead atoms. The number of methoxy groups -OCH3 is 2. The molecule has 0 saturated heterocycles. The van der Waals surface area contributed by atoms with E-state index in [0.29, 0.717) is 29.2 Å². The lowest BCUT2D eigenvalue weighted by Gasteiger charge is -2.44. The molecule has 0 amide bonds. The van der Waals surface area contributed by atoms with Crippen LogP contribution < -0.4 is 14.4 Å². The summed E-state index contributed by atoms with van der Waals surface area (Å²) >= 11 is 0. The maximum absolute atomic E-state index is 14.9. The smallest absolute Gasteiger partial charge is 0.161 e. The third-order valence-electron chi connectivity index (χ3n) is 5.54. The van der Waals surface area contributed by atoms with Crippen LogP contribution in [-0.4, -0.2) is 20.3 Å². The van der Waals surface area contributed by atoms with Gasteiger partial charge in [0.25, 0.3) is 0 Å². The second-order valence-electron chi connectivity index (χ2n) is 7.24. The van der Waals surface area contributed by atoms with Crippen LogP contribution in [0.5, 0.6) is 11.5 Å². The summed E-state index contributed by atoms with van der Waals surface area (Å²) in [6, 6.07) is 16.6. The van der Waals surface area contributed by atoms with E-state index in [1.54, 1.807) is 50.6 Å². The van der Waals surface area contributed by atoms with Gasteiger partial charge in [-0.25, -0.2) is 8.78 Å². The molecule has 3 nitrogen and oxygen atoms in total. The second kappa shape index (κ2) is 7.74. The van der Waals surface area contributed by atoms with E-state index >= 15 is 0 Å². The largest absolute Gasteiger partial charge is 0.493 e. The fourth-order valence-electron chi connectivity index (χ4n) is 4.24. The zero-order chi connectivity index (χ0) is 20.5. The van der Waals surface area contributed by atoms with E-state index in [-0.39, 0.29) is 17.7 Å². The summed E-state index contributed by atoms with van der Waals surface area (Å²) in [5.74, 6) is 0.541. The molecule has 150 valence electrons. The molecule has 0 aliphatic carbocycles. The molecule has 0 aromatic heterocycles. The number of nitrogens with zero attached hydrogens (tertiary/aromatic N) is 1. The molecule has 0 fully saturated rings. The van der Waals surface area contributed by atoms with Crippen molar-refractivity contribution in [1.29, 1.82) is 0 Å². The third kappa shape index (κ3) is 3.31. The highest BCUT2D eigenvalue weighted by Crippen LogP contribution is 2.45. The number of anilines is 1. The molecule has 0 spiro atoms. The first-order chi connectivity index (χ1) is 14.0. The average molecular weight is 395 g/mol. The minimum atomic E-state index is -0.494. The van der Waals surface area contributed by atoms with Crippen molar-refractivity contribution < 1.29 is 18.3 Å². The molecule has 1 heterocycles. The number of ether oxygens (including phenoxy) is 2. The SMILES string of the molecule is COc1cc2c(cc1OC)C(c1ccccc1F)N(c1ccccc1F)C(C)C2. The Morgan fingerprint density at radius 3 is 2.10 bits per heavy atom. The van der Waals surface area contributed by atoms with Gasteiger partial charge in [0, 0.05) is 11.6 Å². The van der Waals surface area contributed by atoms with Crippen LogP contribution in [0.4, 0.5) is 14.5 Å². The number of fused-ring (bicyclic) bond motifs is 1. The van der Waals surface area contributed by atoms with Gasteiger partial charge in [0.15, 0.2) is 11.5 Å². The Morgan fingerprint density at radius 2 is 1.45 bits per heavy atom. The summed E-state index contributed by atoms with van der Waals surface area (Å²) < 4.78 is 40.7. The first-order valence-corrected chi connectivity index (χ1v) is 9.57. The summed E-state index contributed by atoms with van der Waals surface area (Å²) in [6.45, 7) is 2.03. The molecular weight excluding hydrogens is 372 g/mol. The van der Waals surface area contributed by atoms with E-state index in [1.165, 1.54) is 12.1 Å². The Morgan fingerprint density at radius 1 is 0.828 bits per heavy atom. The van der Waals surface area contributed by atoms with Crippen molar-refractivity contribution in [3.63, 3.8) is 0 Å². The van der Waals surface area contributed by atoms with Crippen LogP contribution in [0.25, 0.3) is 0 Å². The normalized spacial score (nSPS) is 18.3. The highest BCUT2D eigenvalue weighted by Gasteiger charge is 2.37. The number of halogens is 2. The molecule has 2 unspecified atom stereocenters. The topological polar surface area (TPSA) is 21.7 Å². The summed E-state index contributed by atoms with van der Waals surface area (Å²) in [5.41, 5.74) is 2.87. The molecule has 4 rings (SSSR count). The Hall–Kier alpha value is -3.08. The summed E-state index contributed by atoms with van der Waals surface area (Å²) in [7, 11) is 3.17. The van der Waals surface area contributed by atoms with E-state index in [2.05, 4.69) is 0 Å². The number of benzene rings is 3. The number of hydrogen-bond acceptors (Lipinski definition) is 3. The quantitative estimate of drug-likeness (QED) is 0.580. The second-order valence-corrected chi connectivity index (χ2v) is 7.24. The molecule has 2 atom stereocenters. The van der Waals surface area contributed by atoms with Gasteiger partial charge in [-0.3, -0.25) is 0 Å². The minimum Gasteiger partial charge on any atom is -0.493 e. The van der Waals surface area contributed by atoms with Crippen molar-refractivity contribution in [1.82, 2.24) is 0 Å². The van der Waals surface area contributed by atoms with E-state index in [1.807, 2.05) is 24.0 Å². The molecule has 0 N–H and O–H groups in total. The Kier molecular flexibility index (Phi) is 5.14. The molecule has 3 aromatic rings. The van der Waals surface area contributed by atoms with E-state index in [9.17, 15) is 8.78 Å². The van der Waals surface area contributed by atoms with Gasteiger partial charge in [-0.15, -0.1) is 0 Å². The van der Waals surface area contributed by atoms with E-state index < -0.39 is 6.04 Å². The van der Waals surface area contributed by atoms with Gasteiger partial charge in [-0.2, -0.15) is 0 Å². The molecule has 1 aliphatic heterocycles. The predicted octanol–water partition coefficient (Wildman–Crippen LogP) is 5.52. The Balaban J connectivity index is 1.98. The lowest BCUT2D eigenvalue weighted by Crippen LogP contribution is -2.43. The average Bonchev–Trinajstić information content (AvgIpc) is 2.73.